The normalized spacial score (nSPS) is 22.6. The zero-order valence-electron chi connectivity index (χ0n) is 8.81. The Morgan fingerprint density at radius 2 is 2.40 bits per heavy atom. The second kappa shape index (κ2) is 4.44. The van der Waals surface area contributed by atoms with E-state index in [1.165, 1.54) is 0 Å². The van der Waals surface area contributed by atoms with Gasteiger partial charge in [0.2, 0.25) is 0 Å². The van der Waals surface area contributed by atoms with E-state index < -0.39 is 0 Å². The molecule has 3 N–H and O–H groups in total. The third-order valence-electron chi connectivity index (χ3n) is 2.73. The summed E-state index contributed by atoms with van der Waals surface area (Å²) in [5.41, 5.74) is 5.46. The fourth-order valence-electron chi connectivity index (χ4n) is 1.72. The van der Waals surface area contributed by atoms with E-state index in [4.69, 9.17) is 10.5 Å². The minimum Gasteiger partial charge on any atom is -0.382 e. The van der Waals surface area contributed by atoms with Crippen LogP contribution in [0.5, 0.6) is 0 Å². The first-order chi connectivity index (χ1) is 7.25. The molecule has 0 spiro atoms. The topological polar surface area (TPSA) is 73.1 Å². The van der Waals surface area contributed by atoms with Gasteiger partial charge in [0.25, 0.3) is 0 Å². The van der Waals surface area contributed by atoms with Crippen molar-refractivity contribution < 1.29 is 4.74 Å². The van der Waals surface area contributed by atoms with Crippen molar-refractivity contribution in [1.29, 1.82) is 0 Å². The molecule has 2 rings (SSSR count). The molecule has 0 amide bonds. The molecule has 5 heteroatoms. The molecule has 0 saturated carbocycles. The van der Waals surface area contributed by atoms with Crippen LogP contribution in [0.4, 0.5) is 11.6 Å². The molecule has 2 unspecified atom stereocenters. The number of hydrogen-bond acceptors (Lipinski definition) is 5. The number of ether oxygens (including phenoxy) is 1. The van der Waals surface area contributed by atoms with Crippen molar-refractivity contribution in [3.8, 4) is 0 Å². The van der Waals surface area contributed by atoms with E-state index in [9.17, 15) is 0 Å². The largest absolute Gasteiger partial charge is 0.382 e. The summed E-state index contributed by atoms with van der Waals surface area (Å²) in [5.74, 6) is 1.77. The molecular weight excluding hydrogens is 192 g/mol. The summed E-state index contributed by atoms with van der Waals surface area (Å²) in [7, 11) is 0. The zero-order chi connectivity index (χ0) is 10.7. The van der Waals surface area contributed by atoms with Crippen LogP contribution in [0.15, 0.2) is 12.1 Å². The summed E-state index contributed by atoms with van der Waals surface area (Å²) >= 11 is 0. The molecular formula is C10H16N4O. The lowest BCUT2D eigenvalue weighted by Gasteiger charge is -2.19. The molecule has 82 valence electrons. The number of nitrogens with one attached hydrogen (secondary N) is 1. The third-order valence-corrected chi connectivity index (χ3v) is 2.73. The number of anilines is 2. The highest BCUT2D eigenvalue weighted by Crippen LogP contribution is 2.19. The average molecular weight is 208 g/mol. The molecule has 2 heterocycles. The predicted octanol–water partition coefficient (Wildman–Crippen LogP) is 0.896. The first-order valence-electron chi connectivity index (χ1n) is 5.19. The number of aromatic nitrogens is 2. The van der Waals surface area contributed by atoms with Crippen LogP contribution in [0.2, 0.25) is 0 Å². The van der Waals surface area contributed by atoms with Gasteiger partial charge in [0.1, 0.15) is 11.6 Å². The molecule has 1 saturated heterocycles. The van der Waals surface area contributed by atoms with Crippen molar-refractivity contribution >= 4 is 11.6 Å². The van der Waals surface area contributed by atoms with E-state index in [-0.39, 0.29) is 0 Å². The molecule has 2 atom stereocenters. The van der Waals surface area contributed by atoms with Crippen molar-refractivity contribution in [2.75, 3.05) is 24.3 Å². The number of rotatable bonds is 3. The van der Waals surface area contributed by atoms with Gasteiger partial charge in [-0.3, -0.25) is 0 Å². The highest BCUT2D eigenvalue weighted by Gasteiger charge is 2.22. The molecule has 5 nitrogen and oxygen atoms in total. The molecule has 0 aliphatic carbocycles. The zero-order valence-corrected chi connectivity index (χ0v) is 8.81. The van der Waals surface area contributed by atoms with Crippen molar-refractivity contribution in [2.24, 2.45) is 5.92 Å². The van der Waals surface area contributed by atoms with E-state index in [0.29, 0.717) is 17.8 Å². The van der Waals surface area contributed by atoms with Gasteiger partial charge in [-0.05, 0) is 25.5 Å². The van der Waals surface area contributed by atoms with Crippen LogP contribution in [0, 0.1) is 5.92 Å². The standard InChI is InChI=1S/C10H16N4O/c1-7(8-4-5-15-6-8)12-10-3-2-9(11)13-14-10/h2-3,7-8H,4-6H2,1H3,(H2,11,13)(H,12,14). The quantitative estimate of drug-likeness (QED) is 0.772. The minimum atomic E-state index is 0.352. The monoisotopic (exact) mass is 208 g/mol. The molecule has 1 aromatic heterocycles. The first kappa shape index (κ1) is 10.2. The lowest BCUT2D eigenvalue weighted by Crippen LogP contribution is -2.26. The van der Waals surface area contributed by atoms with E-state index in [2.05, 4.69) is 22.4 Å². The Labute approximate surface area is 89.0 Å². The molecule has 1 aromatic rings. The summed E-state index contributed by atoms with van der Waals surface area (Å²) in [6, 6.07) is 3.94. The SMILES string of the molecule is CC(Nc1ccc(N)nn1)C1CCOC1. The first-order valence-corrected chi connectivity index (χ1v) is 5.19. The summed E-state index contributed by atoms with van der Waals surface area (Å²) in [6.45, 7) is 3.83. The lowest BCUT2D eigenvalue weighted by atomic mass is 10.0. The highest BCUT2D eigenvalue weighted by molar-refractivity contribution is 5.39. The fraction of sp³-hybridized carbons (Fsp3) is 0.600. The van der Waals surface area contributed by atoms with Crippen LogP contribution < -0.4 is 11.1 Å². The van der Waals surface area contributed by atoms with E-state index >= 15 is 0 Å². The maximum Gasteiger partial charge on any atom is 0.149 e. The van der Waals surface area contributed by atoms with Crippen molar-refractivity contribution in [3.05, 3.63) is 12.1 Å². The van der Waals surface area contributed by atoms with Gasteiger partial charge in [-0.1, -0.05) is 0 Å². The van der Waals surface area contributed by atoms with Gasteiger partial charge in [0, 0.05) is 18.6 Å². The van der Waals surface area contributed by atoms with Gasteiger partial charge in [0.15, 0.2) is 0 Å². The van der Waals surface area contributed by atoms with Crippen molar-refractivity contribution in [1.82, 2.24) is 10.2 Å². The second-order valence-corrected chi connectivity index (χ2v) is 3.90. The van der Waals surface area contributed by atoms with Gasteiger partial charge in [-0.25, -0.2) is 0 Å². The fourth-order valence-corrected chi connectivity index (χ4v) is 1.72. The third kappa shape index (κ3) is 2.56. The Kier molecular flexibility index (Phi) is 3.01. The maximum absolute atomic E-state index is 5.46. The minimum absolute atomic E-state index is 0.352. The van der Waals surface area contributed by atoms with E-state index in [1.54, 1.807) is 6.07 Å². The van der Waals surface area contributed by atoms with Gasteiger partial charge in [0.05, 0.1) is 6.61 Å². The number of hydrogen-bond donors (Lipinski definition) is 2. The van der Waals surface area contributed by atoms with Crippen LogP contribution in [0.25, 0.3) is 0 Å². The summed E-state index contributed by atoms with van der Waals surface area (Å²) in [5, 5.41) is 11.1. The van der Waals surface area contributed by atoms with Gasteiger partial charge in [-0.15, -0.1) is 10.2 Å². The highest BCUT2D eigenvalue weighted by atomic mass is 16.5. The van der Waals surface area contributed by atoms with Crippen molar-refractivity contribution in [2.45, 2.75) is 19.4 Å². The summed E-state index contributed by atoms with van der Waals surface area (Å²) in [4.78, 5) is 0. The maximum atomic E-state index is 5.46. The summed E-state index contributed by atoms with van der Waals surface area (Å²) in [6.07, 6.45) is 1.11. The van der Waals surface area contributed by atoms with Gasteiger partial charge >= 0.3 is 0 Å². The van der Waals surface area contributed by atoms with Gasteiger partial charge < -0.3 is 15.8 Å². The van der Waals surface area contributed by atoms with Crippen LogP contribution in [0.3, 0.4) is 0 Å². The van der Waals surface area contributed by atoms with Crippen LogP contribution >= 0.6 is 0 Å². The molecule has 15 heavy (non-hydrogen) atoms. The number of nitrogens with two attached hydrogens (primary N) is 1. The van der Waals surface area contributed by atoms with Crippen LogP contribution in [0.1, 0.15) is 13.3 Å². The molecule has 1 aliphatic heterocycles. The molecule has 0 aromatic carbocycles. The molecule has 0 radical (unpaired) electrons. The number of nitrogens with zero attached hydrogens (tertiary/aromatic N) is 2. The van der Waals surface area contributed by atoms with Crippen LogP contribution in [-0.2, 0) is 4.74 Å². The van der Waals surface area contributed by atoms with E-state index in [1.807, 2.05) is 6.07 Å². The molecule has 1 fully saturated rings. The Bertz CT molecular complexity index is 308. The van der Waals surface area contributed by atoms with Gasteiger partial charge in [-0.2, -0.15) is 0 Å². The Morgan fingerprint density at radius 3 is 3.00 bits per heavy atom. The Balaban J connectivity index is 1.92. The smallest absolute Gasteiger partial charge is 0.149 e. The van der Waals surface area contributed by atoms with E-state index in [0.717, 1.165) is 25.5 Å². The Hall–Kier alpha value is -1.36. The summed E-state index contributed by atoms with van der Waals surface area (Å²) < 4.78 is 5.34. The second-order valence-electron chi connectivity index (χ2n) is 3.90. The predicted molar refractivity (Wildman–Crippen MR) is 58.5 cm³/mol. The number of nitrogen functional groups attached to an aromatic ring is 1. The molecule has 1 aliphatic rings. The average Bonchev–Trinajstić information content (AvgIpc) is 2.74. The van der Waals surface area contributed by atoms with Crippen LogP contribution in [-0.4, -0.2) is 29.5 Å². The lowest BCUT2D eigenvalue weighted by molar-refractivity contribution is 0.183. The molecule has 0 bridgehead atoms. The Morgan fingerprint density at radius 1 is 1.53 bits per heavy atom. The van der Waals surface area contributed by atoms with Crippen molar-refractivity contribution in [3.63, 3.8) is 0 Å².